The van der Waals surface area contributed by atoms with E-state index in [2.05, 4.69) is 97.4 Å². The molecule has 4 rings (SSSR count). The van der Waals surface area contributed by atoms with E-state index >= 15 is 0 Å². The van der Waals surface area contributed by atoms with E-state index in [0.717, 1.165) is 0 Å². The van der Waals surface area contributed by atoms with Crippen molar-refractivity contribution >= 4 is 34.8 Å². The molecule has 0 N–H and O–H groups in total. The molecule has 1 nitrogen and oxygen atoms in total. The van der Waals surface area contributed by atoms with Crippen LogP contribution in [0, 0.1) is 6.92 Å². The first-order valence-corrected chi connectivity index (χ1v) is 9.83. The number of aromatic nitrogens is 1. The molecule has 2 heteroatoms. The number of hydrogen-bond acceptors (Lipinski definition) is 0. The molecule has 0 bridgehead atoms. The molecule has 0 saturated heterocycles. The number of rotatable bonds is 3. The molecule has 0 fully saturated rings. The first-order chi connectivity index (χ1) is 11.7. The Hall–Kier alpha value is -2.28. The Morgan fingerprint density at radius 1 is 0.792 bits per heavy atom. The summed E-state index contributed by atoms with van der Waals surface area (Å²) in [5.74, 6) is 0. The van der Waals surface area contributed by atoms with Gasteiger partial charge in [-0.2, -0.15) is 0 Å². The van der Waals surface area contributed by atoms with Gasteiger partial charge in [0.2, 0.25) is 0 Å². The van der Waals surface area contributed by atoms with Gasteiger partial charge in [0.1, 0.15) is 0 Å². The van der Waals surface area contributed by atoms with Crippen LogP contribution in [0.5, 0.6) is 0 Å². The van der Waals surface area contributed by atoms with Crippen molar-refractivity contribution in [2.24, 2.45) is 7.05 Å². The minimum absolute atomic E-state index is 0.278. The van der Waals surface area contributed by atoms with Crippen LogP contribution in [0.1, 0.15) is 5.56 Å². The number of benzene rings is 3. The van der Waals surface area contributed by atoms with Gasteiger partial charge in [0.25, 0.3) is 0 Å². The number of fused-ring (bicyclic) bond motifs is 1. The molecule has 3 aromatic carbocycles. The summed E-state index contributed by atoms with van der Waals surface area (Å²) in [4.78, 5) is 0. The fraction of sp³-hybridized carbons (Fsp3) is 0.0909. The van der Waals surface area contributed by atoms with Crippen molar-refractivity contribution in [3.05, 3.63) is 84.4 Å². The molecule has 24 heavy (non-hydrogen) atoms. The molecule has 0 aliphatic rings. The normalized spacial score (nSPS) is 11.1. The van der Waals surface area contributed by atoms with Crippen LogP contribution in [-0.4, -0.2) is 19.5 Å². The molecule has 118 valence electrons. The third-order valence-corrected chi connectivity index (χ3v) is 6.68. The summed E-state index contributed by atoms with van der Waals surface area (Å²) < 4.78 is 5.24. The Morgan fingerprint density at radius 2 is 1.46 bits per heavy atom. The van der Waals surface area contributed by atoms with Crippen LogP contribution >= 0.6 is 0 Å². The molecule has 0 atom stereocenters. The van der Waals surface area contributed by atoms with E-state index in [9.17, 15) is 0 Å². The van der Waals surface area contributed by atoms with E-state index in [1.807, 2.05) is 0 Å². The molecule has 1 aromatic heterocycles. The molecule has 0 unspecified atom stereocenters. The fourth-order valence-electron chi connectivity index (χ4n) is 3.16. The van der Waals surface area contributed by atoms with Gasteiger partial charge in [-0.25, -0.2) is 0 Å². The predicted molar refractivity (Wildman–Crippen MR) is 105 cm³/mol. The minimum atomic E-state index is 0.278. The number of aryl methyl sites for hydroxylation is 2. The zero-order chi connectivity index (χ0) is 16.5. The third-order valence-electron chi connectivity index (χ3n) is 4.32. The Kier molecular flexibility index (Phi) is 4.01. The zero-order valence-electron chi connectivity index (χ0n) is 13.9. The first kappa shape index (κ1) is 15.3. The number of hydrogen-bond donors (Lipinski definition) is 0. The standard InChI is InChI=1S/C22H19NSe/c1-16-13-14-20-19(15-16)22(24-18-11-7-4-8-12-18)21(23(20)2)17-9-5-3-6-10-17/h3-15H,1-2H3. The molecule has 0 aliphatic carbocycles. The van der Waals surface area contributed by atoms with E-state index in [0.29, 0.717) is 0 Å². The average Bonchev–Trinajstić information content (AvgIpc) is 2.88. The zero-order valence-corrected chi connectivity index (χ0v) is 15.6. The topological polar surface area (TPSA) is 4.93 Å². The van der Waals surface area contributed by atoms with Crippen molar-refractivity contribution in [1.29, 1.82) is 0 Å². The van der Waals surface area contributed by atoms with E-state index in [1.54, 1.807) is 0 Å². The van der Waals surface area contributed by atoms with E-state index < -0.39 is 0 Å². The second-order valence-electron chi connectivity index (χ2n) is 6.04. The second-order valence-corrected chi connectivity index (χ2v) is 8.31. The Morgan fingerprint density at radius 3 is 2.17 bits per heavy atom. The Labute approximate surface area is 149 Å². The molecule has 1 heterocycles. The van der Waals surface area contributed by atoms with Crippen LogP contribution < -0.4 is 8.92 Å². The van der Waals surface area contributed by atoms with Crippen LogP contribution in [-0.2, 0) is 7.05 Å². The Bertz CT molecular complexity index is 985. The van der Waals surface area contributed by atoms with Gasteiger partial charge in [0.15, 0.2) is 0 Å². The van der Waals surface area contributed by atoms with Gasteiger partial charge in [-0.3, -0.25) is 0 Å². The third kappa shape index (κ3) is 2.69. The van der Waals surface area contributed by atoms with Gasteiger partial charge in [-0.1, -0.05) is 0 Å². The summed E-state index contributed by atoms with van der Waals surface area (Å²) >= 11 is 0.278. The van der Waals surface area contributed by atoms with Crippen LogP contribution in [0.3, 0.4) is 0 Å². The fourth-order valence-corrected chi connectivity index (χ4v) is 5.58. The summed E-state index contributed by atoms with van der Waals surface area (Å²) in [6.07, 6.45) is 0. The molecule has 0 saturated carbocycles. The molecular formula is C22H19NSe. The number of nitrogens with zero attached hydrogens (tertiary/aromatic N) is 1. The van der Waals surface area contributed by atoms with Crippen LogP contribution in [0.15, 0.2) is 78.9 Å². The molecule has 0 aliphatic heterocycles. The van der Waals surface area contributed by atoms with Crippen molar-refractivity contribution < 1.29 is 0 Å². The van der Waals surface area contributed by atoms with Crippen molar-refractivity contribution in [3.63, 3.8) is 0 Å². The van der Waals surface area contributed by atoms with Gasteiger partial charge in [0, 0.05) is 0 Å². The molecule has 4 aromatic rings. The van der Waals surface area contributed by atoms with Crippen LogP contribution in [0.4, 0.5) is 0 Å². The van der Waals surface area contributed by atoms with Crippen molar-refractivity contribution in [2.75, 3.05) is 0 Å². The molecular weight excluding hydrogens is 357 g/mol. The van der Waals surface area contributed by atoms with E-state index in [4.69, 9.17) is 0 Å². The van der Waals surface area contributed by atoms with Gasteiger partial charge in [-0.05, 0) is 0 Å². The predicted octanol–water partition coefficient (Wildman–Crippen LogP) is 3.81. The Balaban J connectivity index is 1.99. The van der Waals surface area contributed by atoms with Gasteiger partial charge >= 0.3 is 149 Å². The molecule has 0 radical (unpaired) electrons. The maximum absolute atomic E-state index is 2.35. The van der Waals surface area contributed by atoms with E-state index in [1.165, 1.54) is 36.6 Å². The average molecular weight is 376 g/mol. The second kappa shape index (κ2) is 6.31. The first-order valence-electron chi connectivity index (χ1n) is 8.11. The van der Waals surface area contributed by atoms with Crippen molar-refractivity contribution in [2.45, 2.75) is 6.92 Å². The van der Waals surface area contributed by atoms with E-state index in [-0.39, 0.29) is 15.0 Å². The SMILES string of the molecule is Cc1ccc2c(c1)c([Se]c1ccccc1)c(-c1ccccc1)n2C. The van der Waals surface area contributed by atoms with Crippen LogP contribution in [0.25, 0.3) is 22.2 Å². The van der Waals surface area contributed by atoms with Gasteiger partial charge in [0.05, 0.1) is 0 Å². The van der Waals surface area contributed by atoms with Gasteiger partial charge in [-0.15, -0.1) is 0 Å². The maximum atomic E-state index is 2.35. The molecule has 0 amide bonds. The summed E-state index contributed by atoms with van der Waals surface area (Å²) in [7, 11) is 2.19. The summed E-state index contributed by atoms with van der Waals surface area (Å²) in [5.41, 5.74) is 5.27. The summed E-state index contributed by atoms with van der Waals surface area (Å²) in [6, 6.07) is 28.4. The van der Waals surface area contributed by atoms with Gasteiger partial charge < -0.3 is 0 Å². The molecule has 0 spiro atoms. The summed E-state index contributed by atoms with van der Waals surface area (Å²) in [6.45, 7) is 2.17. The van der Waals surface area contributed by atoms with Crippen molar-refractivity contribution in [3.8, 4) is 11.3 Å². The monoisotopic (exact) mass is 377 g/mol. The quantitative estimate of drug-likeness (QED) is 0.479. The van der Waals surface area contributed by atoms with Crippen molar-refractivity contribution in [1.82, 2.24) is 4.57 Å². The van der Waals surface area contributed by atoms with Crippen LogP contribution in [0.2, 0.25) is 0 Å². The summed E-state index contributed by atoms with van der Waals surface area (Å²) in [5, 5.41) is 1.39.